The Balaban J connectivity index is 1.73. The molecule has 146 valence electrons. The summed E-state index contributed by atoms with van der Waals surface area (Å²) in [7, 11) is 1.90. The first-order valence-corrected chi connectivity index (χ1v) is 9.43. The molecule has 0 spiro atoms. The van der Waals surface area contributed by atoms with Gasteiger partial charge in [0.15, 0.2) is 0 Å². The highest BCUT2D eigenvalue weighted by atomic mass is 35.5. The summed E-state index contributed by atoms with van der Waals surface area (Å²) in [6.07, 6.45) is 0.651. The molecule has 0 fully saturated rings. The second kappa shape index (κ2) is 8.02. The lowest BCUT2D eigenvalue weighted by Crippen LogP contribution is -2.37. The van der Waals surface area contributed by atoms with Crippen LogP contribution in [0.15, 0.2) is 41.2 Å². The fourth-order valence-corrected chi connectivity index (χ4v) is 3.35. The molecule has 0 saturated heterocycles. The summed E-state index contributed by atoms with van der Waals surface area (Å²) in [5.74, 6) is -0.393. The predicted octanol–water partition coefficient (Wildman–Crippen LogP) is 3.41. The summed E-state index contributed by atoms with van der Waals surface area (Å²) in [5.41, 5.74) is 4.25. The third-order valence-corrected chi connectivity index (χ3v) is 5.11. The SMILES string of the molecule is Cc1nn(C)c(C)c1C[C@@H](C)NC(=O)c1ccc(-c2ccc(Cl)cc2)[nH]c1=O. The van der Waals surface area contributed by atoms with E-state index in [9.17, 15) is 9.59 Å². The van der Waals surface area contributed by atoms with E-state index in [0.29, 0.717) is 17.1 Å². The number of carbonyl (C=O) groups excluding carboxylic acids is 1. The lowest BCUT2D eigenvalue weighted by Gasteiger charge is -2.14. The van der Waals surface area contributed by atoms with Crippen molar-refractivity contribution in [1.82, 2.24) is 20.1 Å². The third kappa shape index (κ3) is 4.17. The third-order valence-electron chi connectivity index (χ3n) is 4.86. The van der Waals surface area contributed by atoms with Crippen molar-refractivity contribution in [2.24, 2.45) is 7.05 Å². The molecule has 0 aliphatic heterocycles. The van der Waals surface area contributed by atoms with Gasteiger partial charge >= 0.3 is 0 Å². The number of carbonyl (C=O) groups is 1. The van der Waals surface area contributed by atoms with E-state index in [1.807, 2.05) is 44.6 Å². The predicted molar refractivity (Wildman–Crippen MR) is 111 cm³/mol. The number of nitrogens with one attached hydrogen (secondary N) is 2. The Hall–Kier alpha value is -2.86. The van der Waals surface area contributed by atoms with Crippen molar-refractivity contribution in [3.05, 3.63) is 74.3 Å². The van der Waals surface area contributed by atoms with Crippen molar-refractivity contribution in [3.63, 3.8) is 0 Å². The largest absolute Gasteiger partial charge is 0.349 e. The molecular formula is C21H23ClN4O2. The summed E-state index contributed by atoms with van der Waals surface area (Å²) in [6, 6.07) is 10.3. The minimum atomic E-state index is -0.425. The minimum Gasteiger partial charge on any atom is -0.349 e. The van der Waals surface area contributed by atoms with Gasteiger partial charge < -0.3 is 10.3 Å². The Morgan fingerprint density at radius 3 is 2.46 bits per heavy atom. The molecule has 3 aromatic rings. The summed E-state index contributed by atoms with van der Waals surface area (Å²) in [6.45, 7) is 5.88. The number of aromatic amines is 1. The molecule has 0 saturated carbocycles. The molecule has 1 amide bonds. The van der Waals surface area contributed by atoms with Crippen molar-refractivity contribution in [1.29, 1.82) is 0 Å². The van der Waals surface area contributed by atoms with Gasteiger partial charge in [-0.05, 0) is 62.6 Å². The van der Waals surface area contributed by atoms with Gasteiger partial charge in [-0.25, -0.2) is 0 Å². The number of halogens is 1. The van der Waals surface area contributed by atoms with Gasteiger partial charge in [0.05, 0.1) is 5.69 Å². The average Bonchev–Trinajstić information content (AvgIpc) is 2.88. The van der Waals surface area contributed by atoms with Crippen LogP contribution in [-0.2, 0) is 13.5 Å². The summed E-state index contributed by atoms with van der Waals surface area (Å²) >= 11 is 5.89. The van der Waals surface area contributed by atoms with E-state index in [-0.39, 0.29) is 11.6 Å². The van der Waals surface area contributed by atoms with Gasteiger partial charge in [-0.3, -0.25) is 14.3 Å². The second-order valence-corrected chi connectivity index (χ2v) is 7.41. The number of nitrogens with zero attached hydrogens (tertiary/aromatic N) is 2. The minimum absolute atomic E-state index is 0.0872. The van der Waals surface area contributed by atoms with Crippen molar-refractivity contribution >= 4 is 17.5 Å². The van der Waals surface area contributed by atoms with Crippen LogP contribution in [0.2, 0.25) is 5.02 Å². The molecule has 0 aliphatic rings. The van der Waals surface area contributed by atoms with Gasteiger partial charge in [0, 0.05) is 29.5 Å². The molecule has 7 heteroatoms. The Morgan fingerprint density at radius 2 is 1.89 bits per heavy atom. The van der Waals surface area contributed by atoms with E-state index in [0.717, 1.165) is 22.5 Å². The maximum absolute atomic E-state index is 12.6. The molecule has 2 N–H and O–H groups in total. The van der Waals surface area contributed by atoms with Gasteiger partial charge in [-0.1, -0.05) is 23.7 Å². The number of hydrogen-bond donors (Lipinski definition) is 2. The van der Waals surface area contributed by atoms with E-state index in [1.54, 1.807) is 24.3 Å². The lowest BCUT2D eigenvalue weighted by atomic mass is 10.0. The topological polar surface area (TPSA) is 79.8 Å². The number of rotatable bonds is 5. The van der Waals surface area contributed by atoms with Crippen molar-refractivity contribution < 1.29 is 4.79 Å². The van der Waals surface area contributed by atoms with E-state index >= 15 is 0 Å². The zero-order chi connectivity index (χ0) is 20.4. The molecule has 1 atom stereocenters. The number of hydrogen-bond acceptors (Lipinski definition) is 3. The van der Waals surface area contributed by atoms with Crippen LogP contribution in [0.25, 0.3) is 11.3 Å². The Kier molecular flexibility index (Phi) is 5.70. The molecule has 0 bridgehead atoms. The number of benzene rings is 1. The van der Waals surface area contributed by atoms with Crippen molar-refractivity contribution in [2.75, 3.05) is 0 Å². The second-order valence-electron chi connectivity index (χ2n) is 6.97. The normalized spacial score (nSPS) is 12.0. The van der Waals surface area contributed by atoms with E-state index in [2.05, 4.69) is 15.4 Å². The zero-order valence-corrected chi connectivity index (χ0v) is 17.1. The standard InChI is InChI=1S/C21H23ClN4O2/c1-12(11-18-13(2)25-26(4)14(18)3)23-20(27)17-9-10-19(24-21(17)28)15-5-7-16(22)8-6-15/h5-10,12H,11H2,1-4H3,(H,23,27)(H,24,28)/t12-/m1/s1. The molecule has 0 radical (unpaired) electrons. The molecule has 1 aromatic carbocycles. The highest BCUT2D eigenvalue weighted by Gasteiger charge is 2.17. The fourth-order valence-electron chi connectivity index (χ4n) is 3.22. The van der Waals surface area contributed by atoms with Gasteiger partial charge in [-0.15, -0.1) is 0 Å². The zero-order valence-electron chi connectivity index (χ0n) is 16.3. The summed E-state index contributed by atoms with van der Waals surface area (Å²) in [4.78, 5) is 27.7. The smallest absolute Gasteiger partial charge is 0.261 e. The average molecular weight is 399 g/mol. The summed E-state index contributed by atoms with van der Waals surface area (Å²) in [5, 5.41) is 7.92. The van der Waals surface area contributed by atoms with Crippen LogP contribution in [0.5, 0.6) is 0 Å². The number of amides is 1. The molecule has 6 nitrogen and oxygen atoms in total. The van der Waals surface area contributed by atoms with Crippen LogP contribution in [0, 0.1) is 13.8 Å². The van der Waals surface area contributed by atoms with Crippen LogP contribution >= 0.6 is 11.6 Å². The van der Waals surface area contributed by atoms with Gasteiger partial charge in [-0.2, -0.15) is 5.10 Å². The first-order chi connectivity index (χ1) is 13.3. The van der Waals surface area contributed by atoms with Crippen molar-refractivity contribution in [3.8, 4) is 11.3 Å². The molecule has 0 unspecified atom stereocenters. The lowest BCUT2D eigenvalue weighted by molar-refractivity contribution is 0.0938. The van der Waals surface area contributed by atoms with Gasteiger partial charge in [0.2, 0.25) is 0 Å². The maximum atomic E-state index is 12.6. The number of aromatic nitrogens is 3. The van der Waals surface area contributed by atoms with E-state index < -0.39 is 11.5 Å². The van der Waals surface area contributed by atoms with E-state index in [4.69, 9.17) is 11.6 Å². The van der Waals surface area contributed by atoms with Gasteiger partial charge in [0.1, 0.15) is 5.56 Å². The van der Waals surface area contributed by atoms with Crippen LogP contribution in [0.4, 0.5) is 0 Å². The Morgan fingerprint density at radius 1 is 1.21 bits per heavy atom. The Labute approximate surface area is 168 Å². The molecular weight excluding hydrogens is 376 g/mol. The molecule has 0 aliphatic carbocycles. The van der Waals surface area contributed by atoms with Crippen LogP contribution in [0.3, 0.4) is 0 Å². The first kappa shape index (κ1) is 19.9. The number of H-pyrrole nitrogens is 1. The van der Waals surface area contributed by atoms with Crippen LogP contribution in [0.1, 0.15) is 34.2 Å². The molecule has 2 heterocycles. The first-order valence-electron chi connectivity index (χ1n) is 9.05. The highest BCUT2D eigenvalue weighted by Crippen LogP contribution is 2.19. The number of pyridine rings is 1. The monoisotopic (exact) mass is 398 g/mol. The quantitative estimate of drug-likeness (QED) is 0.691. The Bertz CT molecular complexity index is 1070. The van der Waals surface area contributed by atoms with E-state index in [1.165, 1.54) is 0 Å². The van der Waals surface area contributed by atoms with Gasteiger partial charge in [0.25, 0.3) is 11.5 Å². The number of aryl methyl sites for hydroxylation is 2. The van der Waals surface area contributed by atoms with Crippen molar-refractivity contribution in [2.45, 2.75) is 33.2 Å². The molecule has 2 aromatic heterocycles. The molecule has 28 heavy (non-hydrogen) atoms. The molecule has 3 rings (SSSR count). The maximum Gasteiger partial charge on any atom is 0.261 e. The van der Waals surface area contributed by atoms with Crippen LogP contribution < -0.4 is 10.9 Å². The van der Waals surface area contributed by atoms with Crippen LogP contribution in [-0.4, -0.2) is 26.7 Å². The fraction of sp³-hybridized carbons (Fsp3) is 0.286. The highest BCUT2D eigenvalue weighted by molar-refractivity contribution is 6.30. The summed E-state index contributed by atoms with van der Waals surface area (Å²) < 4.78 is 1.83.